The Labute approximate surface area is 213 Å². The van der Waals surface area contributed by atoms with Gasteiger partial charge in [-0.2, -0.15) is 13.2 Å². The average Bonchev–Trinajstić information content (AvgIpc) is 2.87. The van der Waals surface area contributed by atoms with E-state index in [0.717, 1.165) is 34.9 Å². The van der Waals surface area contributed by atoms with E-state index in [1.165, 1.54) is 12.1 Å². The largest absolute Gasteiger partial charge is 0.484 e. The maximum atomic E-state index is 15.2. The van der Waals surface area contributed by atoms with Crippen molar-refractivity contribution in [3.8, 4) is 5.75 Å². The third kappa shape index (κ3) is 7.31. The van der Waals surface area contributed by atoms with Crippen LogP contribution in [0.5, 0.6) is 5.75 Å². The number of fused-ring (bicyclic) bond motifs is 1. The van der Waals surface area contributed by atoms with Gasteiger partial charge in [0.15, 0.2) is 6.61 Å². The van der Waals surface area contributed by atoms with Gasteiger partial charge in [0.1, 0.15) is 17.4 Å². The summed E-state index contributed by atoms with van der Waals surface area (Å²) in [5.41, 5.74) is 4.16. The lowest BCUT2D eigenvalue weighted by Crippen LogP contribution is -2.19. The van der Waals surface area contributed by atoms with Crippen LogP contribution < -0.4 is 4.74 Å². The van der Waals surface area contributed by atoms with Gasteiger partial charge in [-0.1, -0.05) is 67.9 Å². The Bertz CT molecular complexity index is 1340. The molecule has 0 amide bonds. The molecule has 37 heavy (non-hydrogen) atoms. The van der Waals surface area contributed by atoms with Crippen LogP contribution in [0.25, 0.3) is 10.8 Å². The van der Waals surface area contributed by atoms with E-state index in [1.54, 1.807) is 30.3 Å². The molecule has 6 heteroatoms. The number of rotatable bonds is 10. The Morgan fingerprint density at radius 3 is 1.97 bits per heavy atom. The lowest BCUT2D eigenvalue weighted by atomic mass is 9.97. The van der Waals surface area contributed by atoms with Gasteiger partial charge in [-0.15, -0.1) is 0 Å². The van der Waals surface area contributed by atoms with Gasteiger partial charge in [0, 0.05) is 5.39 Å². The van der Waals surface area contributed by atoms with Crippen molar-refractivity contribution in [3.05, 3.63) is 112 Å². The number of aryl methyl sites for hydroxylation is 5. The molecule has 0 fully saturated rings. The predicted molar refractivity (Wildman–Crippen MR) is 137 cm³/mol. The molecule has 0 saturated heterocycles. The van der Waals surface area contributed by atoms with Crippen LogP contribution in [0.2, 0.25) is 0 Å². The lowest BCUT2D eigenvalue weighted by Gasteiger charge is -2.11. The summed E-state index contributed by atoms with van der Waals surface area (Å²) in [5, 5.41) is 1.33. The van der Waals surface area contributed by atoms with E-state index in [2.05, 4.69) is 6.92 Å². The topological polar surface area (TPSA) is 9.23 Å². The van der Waals surface area contributed by atoms with Crippen molar-refractivity contribution in [1.29, 1.82) is 0 Å². The number of hydrogen-bond donors (Lipinski definition) is 0. The van der Waals surface area contributed by atoms with Gasteiger partial charge < -0.3 is 4.74 Å². The van der Waals surface area contributed by atoms with Crippen molar-refractivity contribution >= 4 is 10.8 Å². The normalized spacial score (nSPS) is 11.7. The summed E-state index contributed by atoms with van der Waals surface area (Å²) >= 11 is 0. The second kappa shape index (κ2) is 11.8. The molecule has 4 aromatic rings. The minimum absolute atomic E-state index is 0.144. The molecule has 1 nitrogen and oxygen atoms in total. The molecule has 0 N–H and O–H groups in total. The minimum Gasteiger partial charge on any atom is -0.484 e. The summed E-state index contributed by atoms with van der Waals surface area (Å²) in [5.74, 6) is -0.303. The Kier molecular flexibility index (Phi) is 8.47. The zero-order valence-corrected chi connectivity index (χ0v) is 20.7. The van der Waals surface area contributed by atoms with Gasteiger partial charge in [0.2, 0.25) is 0 Å². The molecule has 0 radical (unpaired) electrons. The molecule has 4 aromatic carbocycles. The molecule has 4 rings (SSSR count). The summed E-state index contributed by atoms with van der Waals surface area (Å²) < 4.78 is 71.2. The fourth-order valence-corrected chi connectivity index (χ4v) is 4.45. The zero-order chi connectivity index (χ0) is 26.4. The third-order valence-corrected chi connectivity index (χ3v) is 6.45. The van der Waals surface area contributed by atoms with Crippen LogP contribution in [0, 0.1) is 11.6 Å². The van der Waals surface area contributed by atoms with Crippen molar-refractivity contribution in [3.63, 3.8) is 0 Å². The number of benzene rings is 4. The van der Waals surface area contributed by atoms with Crippen LogP contribution in [0.4, 0.5) is 22.0 Å². The van der Waals surface area contributed by atoms with Crippen molar-refractivity contribution in [2.45, 2.75) is 51.6 Å². The first-order valence-electron chi connectivity index (χ1n) is 12.5. The van der Waals surface area contributed by atoms with E-state index in [-0.39, 0.29) is 17.4 Å². The van der Waals surface area contributed by atoms with Crippen LogP contribution in [-0.2, 0) is 32.1 Å². The van der Waals surface area contributed by atoms with Crippen LogP contribution in [0.1, 0.15) is 41.2 Å². The first-order chi connectivity index (χ1) is 17.7. The Balaban J connectivity index is 1.38. The predicted octanol–water partition coefficient (Wildman–Crippen LogP) is 8.58. The molecule has 0 unspecified atom stereocenters. The maximum absolute atomic E-state index is 15.2. The van der Waals surface area contributed by atoms with Crippen LogP contribution >= 0.6 is 0 Å². The highest BCUT2D eigenvalue weighted by atomic mass is 19.4. The van der Waals surface area contributed by atoms with Gasteiger partial charge in [-0.25, -0.2) is 8.78 Å². The molecular weight excluding hydrogens is 483 g/mol. The highest BCUT2D eigenvalue weighted by Gasteiger charge is 2.28. The highest BCUT2D eigenvalue weighted by molar-refractivity contribution is 5.84. The molecule has 0 aromatic heterocycles. The van der Waals surface area contributed by atoms with E-state index in [9.17, 15) is 17.6 Å². The highest BCUT2D eigenvalue weighted by Crippen LogP contribution is 2.25. The van der Waals surface area contributed by atoms with E-state index in [0.29, 0.717) is 42.2 Å². The quantitative estimate of drug-likeness (QED) is 0.193. The fourth-order valence-electron chi connectivity index (χ4n) is 4.45. The van der Waals surface area contributed by atoms with Gasteiger partial charge >= 0.3 is 6.18 Å². The Morgan fingerprint density at radius 1 is 0.649 bits per heavy atom. The average molecular weight is 513 g/mol. The molecule has 0 aliphatic heterocycles. The number of alkyl halides is 3. The molecule has 0 atom stereocenters. The third-order valence-electron chi connectivity index (χ3n) is 6.45. The van der Waals surface area contributed by atoms with E-state index in [4.69, 9.17) is 4.74 Å². The fraction of sp³-hybridized carbons (Fsp3) is 0.290. The van der Waals surface area contributed by atoms with Gasteiger partial charge in [0.25, 0.3) is 0 Å². The van der Waals surface area contributed by atoms with Crippen molar-refractivity contribution in [2.24, 2.45) is 0 Å². The number of halogens is 5. The summed E-state index contributed by atoms with van der Waals surface area (Å²) in [6.07, 6.45) is -0.309. The van der Waals surface area contributed by atoms with Crippen LogP contribution in [0.15, 0.2) is 72.8 Å². The summed E-state index contributed by atoms with van der Waals surface area (Å²) in [7, 11) is 0. The summed E-state index contributed by atoms with van der Waals surface area (Å²) in [6, 6.07) is 21.1. The van der Waals surface area contributed by atoms with Crippen molar-refractivity contribution < 1.29 is 26.7 Å². The lowest BCUT2D eigenvalue weighted by molar-refractivity contribution is -0.153. The second-order valence-corrected chi connectivity index (χ2v) is 9.32. The molecule has 0 heterocycles. The summed E-state index contributed by atoms with van der Waals surface area (Å²) in [6.45, 7) is 0.735. The zero-order valence-electron chi connectivity index (χ0n) is 20.7. The standard InChI is InChI=1S/C31H29F5O/c1-2-3-22-5-10-24(29(32)19-22)11-6-23-9-17-28-26(18-23)14-13-25(30(28)33)12-4-21-7-15-27(16-8-21)37-20-31(34,35)36/h5,7-10,13-19H,2-4,6,11-12,20H2,1H3. The van der Waals surface area contributed by atoms with E-state index >= 15 is 4.39 Å². The SMILES string of the molecule is CCCc1ccc(CCc2ccc3c(F)c(CCc4ccc(OCC(F)(F)F)cc4)ccc3c2)c(F)c1. The molecule has 0 aliphatic rings. The molecular formula is C31H29F5O. The van der Waals surface area contributed by atoms with Crippen LogP contribution in [-0.4, -0.2) is 12.8 Å². The first-order valence-corrected chi connectivity index (χ1v) is 12.5. The molecule has 0 spiro atoms. The molecule has 0 bridgehead atoms. The first kappa shape index (κ1) is 26.6. The van der Waals surface area contributed by atoms with Crippen molar-refractivity contribution in [1.82, 2.24) is 0 Å². The van der Waals surface area contributed by atoms with E-state index < -0.39 is 12.8 Å². The molecule has 0 aliphatic carbocycles. The Hall–Kier alpha value is -3.41. The monoisotopic (exact) mass is 512 g/mol. The van der Waals surface area contributed by atoms with Crippen molar-refractivity contribution in [2.75, 3.05) is 6.61 Å². The summed E-state index contributed by atoms with van der Waals surface area (Å²) in [4.78, 5) is 0. The maximum Gasteiger partial charge on any atom is 0.422 e. The molecule has 0 saturated carbocycles. The second-order valence-electron chi connectivity index (χ2n) is 9.32. The number of hydrogen-bond acceptors (Lipinski definition) is 1. The minimum atomic E-state index is -4.38. The molecule has 194 valence electrons. The Morgan fingerprint density at radius 2 is 1.27 bits per heavy atom. The van der Waals surface area contributed by atoms with Crippen LogP contribution in [0.3, 0.4) is 0 Å². The van der Waals surface area contributed by atoms with Gasteiger partial charge in [-0.3, -0.25) is 0 Å². The van der Waals surface area contributed by atoms with Gasteiger partial charge in [-0.05, 0) is 83.5 Å². The van der Waals surface area contributed by atoms with E-state index in [1.807, 2.05) is 30.3 Å². The number of ether oxygens (including phenoxy) is 1. The smallest absolute Gasteiger partial charge is 0.422 e. The van der Waals surface area contributed by atoms with Gasteiger partial charge in [0.05, 0.1) is 0 Å².